The molecule has 3 N–H and O–H groups in total. The number of hydrogen-bond donors (Lipinski definition) is 2. The normalized spacial score (nSPS) is 11.9. The van der Waals surface area contributed by atoms with Crippen LogP contribution in [0.15, 0.2) is 6.33 Å². The monoisotopic (exact) mass is 241 g/mol. The fraction of sp³-hybridized carbons (Fsp3) is 0.556. The van der Waals surface area contributed by atoms with E-state index in [0.717, 1.165) is 6.42 Å². The van der Waals surface area contributed by atoms with Crippen LogP contribution in [0.25, 0.3) is 0 Å². The maximum Gasteiger partial charge on any atom is 0.372 e. The van der Waals surface area contributed by atoms with Crippen molar-refractivity contribution in [3.8, 4) is 5.88 Å². The topological polar surface area (TPSA) is 116 Å². The Morgan fingerprint density at radius 2 is 2.35 bits per heavy atom. The van der Waals surface area contributed by atoms with Crippen LogP contribution in [0.5, 0.6) is 5.88 Å². The second kappa shape index (κ2) is 5.94. The Balaban J connectivity index is 2.94. The molecular weight excluding hydrogens is 226 g/mol. The highest BCUT2D eigenvalue weighted by Gasteiger charge is 2.23. The van der Waals surface area contributed by atoms with Gasteiger partial charge < -0.3 is 15.8 Å². The van der Waals surface area contributed by atoms with Crippen LogP contribution in [-0.4, -0.2) is 34.6 Å². The number of nitrogens with two attached hydrogens (primary N) is 1. The molecule has 0 aromatic carbocycles. The number of hydrogen-bond acceptors (Lipinski definition) is 7. The van der Waals surface area contributed by atoms with Gasteiger partial charge in [0.1, 0.15) is 6.33 Å². The van der Waals surface area contributed by atoms with Crippen molar-refractivity contribution < 1.29 is 9.66 Å². The Bertz CT molecular complexity index is 398. The van der Waals surface area contributed by atoms with Crippen molar-refractivity contribution >= 4 is 11.5 Å². The van der Waals surface area contributed by atoms with E-state index >= 15 is 0 Å². The first-order valence-electron chi connectivity index (χ1n) is 5.13. The van der Waals surface area contributed by atoms with Crippen molar-refractivity contribution in [1.29, 1.82) is 0 Å². The number of nitro groups is 1. The molecule has 0 fully saturated rings. The summed E-state index contributed by atoms with van der Waals surface area (Å²) in [7, 11) is 1.32. The Kier molecular flexibility index (Phi) is 4.58. The van der Waals surface area contributed by atoms with Gasteiger partial charge in [0.25, 0.3) is 5.88 Å². The zero-order chi connectivity index (χ0) is 12.8. The molecule has 0 radical (unpaired) electrons. The number of anilines is 1. The summed E-state index contributed by atoms with van der Waals surface area (Å²) in [6.45, 7) is 2.33. The van der Waals surface area contributed by atoms with Crippen LogP contribution in [0.2, 0.25) is 0 Å². The molecule has 1 atom stereocenters. The quantitative estimate of drug-likeness (QED) is 0.551. The first kappa shape index (κ1) is 13.1. The minimum atomic E-state index is -0.585. The predicted octanol–water partition coefficient (Wildman–Crippen LogP) is 0.543. The molecule has 0 saturated carbocycles. The van der Waals surface area contributed by atoms with Gasteiger partial charge in [-0.15, -0.1) is 0 Å². The lowest BCUT2D eigenvalue weighted by Gasteiger charge is -2.11. The molecule has 0 amide bonds. The molecule has 0 aliphatic carbocycles. The van der Waals surface area contributed by atoms with Crippen molar-refractivity contribution in [1.82, 2.24) is 9.97 Å². The summed E-state index contributed by atoms with van der Waals surface area (Å²) in [5.74, 6) is 0.0447. The van der Waals surface area contributed by atoms with Crippen LogP contribution in [0.1, 0.15) is 13.3 Å². The van der Waals surface area contributed by atoms with Crippen molar-refractivity contribution in [2.45, 2.75) is 19.4 Å². The van der Waals surface area contributed by atoms with E-state index in [1.54, 1.807) is 0 Å². The van der Waals surface area contributed by atoms with E-state index in [2.05, 4.69) is 15.3 Å². The van der Waals surface area contributed by atoms with Gasteiger partial charge in [0.2, 0.25) is 5.82 Å². The van der Waals surface area contributed by atoms with Crippen molar-refractivity contribution in [2.24, 2.45) is 5.73 Å². The molecule has 0 saturated heterocycles. The molecule has 1 heterocycles. The minimum absolute atomic E-state index is 0.0717. The number of aromatic nitrogens is 2. The average molecular weight is 241 g/mol. The van der Waals surface area contributed by atoms with Crippen molar-refractivity contribution in [3.63, 3.8) is 0 Å². The summed E-state index contributed by atoms with van der Waals surface area (Å²) < 4.78 is 4.82. The van der Waals surface area contributed by atoms with Gasteiger partial charge in [0.15, 0.2) is 0 Å². The van der Waals surface area contributed by atoms with Crippen molar-refractivity contribution in [3.05, 3.63) is 16.4 Å². The van der Waals surface area contributed by atoms with Crippen LogP contribution in [0, 0.1) is 10.1 Å². The maximum absolute atomic E-state index is 10.9. The summed E-state index contributed by atoms with van der Waals surface area (Å²) in [6, 6.07) is -0.0874. The molecular formula is C9H15N5O3. The first-order chi connectivity index (χ1) is 8.10. The predicted molar refractivity (Wildman–Crippen MR) is 62.0 cm³/mol. The lowest BCUT2D eigenvalue weighted by molar-refractivity contribution is -0.385. The first-order valence-corrected chi connectivity index (χ1v) is 5.13. The summed E-state index contributed by atoms with van der Waals surface area (Å²) in [5.41, 5.74) is 5.43. The molecule has 1 aromatic rings. The molecule has 17 heavy (non-hydrogen) atoms. The lowest BCUT2D eigenvalue weighted by atomic mass is 10.2. The lowest BCUT2D eigenvalue weighted by Crippen LogP contribution is -2.28. The number of methoxy groups -OCH3 is 1. The smallest absolute Gasteiger partial charge is 0.372 e. The van der Waals surface area contributed by atoms with Gasteiger partial charge in [-0.1, -0.05) is 6.92 Å². The summed E-state index contributed by atoms with van der Waals surface area (Å²) in [4.78, 5) is 17.8. The van der Waals surface area contributed by atoms with Gasteiger partial charge in [-0.05, 0) is 6.42 Å². The minimum Gasteiger partial charge on any atom is -0.476 e. The third-order valence-corrected chi connectivity index (χ3v) is 2.22. The fourth-order valence-corrected chi connectivity index (χ4v) is 1.18. The third kappa shape index (κ3) is 3.25. The summed E-state index contributed by atoms with van der Waals surface area (Å²) in [6.07, 6.45) is 1.97. The summed E-state index contributed by atoms with van der Waals surface area (Å²) >= 11 is 0. The molecule has 8 heteroatoms. The van der Waals surface area contributed by atoms with Gasteiger partial charge >= 0.3 is 5.69 Å². The Labute approximate surface area is 98.4 Å². The van der Waals surface area contributed by atoms with Crippen LogP contribution in [0.3, 0.4) is 0 Å². The van der Waals surface area contributed by atoms with Gasteiger partial charge in [0, 0.05) is 12.6 Å². The zero-order valence-electron chi connectivity index (χ0n) is 9.71. The van der Waals surface area contributed by atoms with Gasteiger partial charge in [0.05, 0.1) is 12.0 Å². The summed E-state index contributed by atoms with van der Waals surface area (Å²) in [5, 5.41) is 13.7. The second-order valence-corrected chi connectivity index (χ2v) is 3.39. The van der Waals surface area contributed by atoms with Crippen LogP contribution in [-0.2, 0) is 0 Å². The second-order valence-electron chi connectivity index (χ2n) is 3.39. The van der Waals surface area contributed by atoms with E-state index in [1.165, 1.54) is 13.4 Å². The van der Waals surface area contributed by atoms with Crippen LogP contribution >= 0.6 is 0 Å². The van der Waals surface area contributed by atoms with Gasteiger partial charge in [-0.3, -0.25) is 10.1 Å². The Morgan fingerprint density at radius 1 is 1.65 bits per heavy atom. The molecule has 1 aromatic heterocycles. The Morgan fingerprint density at radius 3 is 2.88 bits per heavy atom. The van der Waals surface area contributed by atoms with E-state index in [9.17, 15) is 10.1 Å². The van der Waals surface area contributed by atoms with Gasteiger partial charge in [-0.2, -0.15) is 4.98 Å². The van der Waals surface area contributed by atoms with E-state index in [-0.39, 0.29) is 23.4 Å². The number of ether oxygens (including phenoxy) is 1. The highest BCUT2D eigenvalue weighted by Crippen LogP contribution is 2.30. The standard InChI is InChI=1S/C9H15N5O3/c1-3-6(10)4-11-8-7(14(15)16)9(17-2)13-5-12-8/h5-6H,3-4,10H2,1-2H3,(H,11,12,13). The third-order valence-electron chi connectivity index (χ3n) is 2.22. The zero-order valence-corrected chi connectivity index (χ0v) is 9.71. The molecule has 0 bridgehead atoms. The SMILES string of the molecule is CCC(N)CNc1ncnc(OC)c1[N+](=O)[O-]. The molecule has 1 unspecified atom stereocenters. The molecule has 0 aliphatic rings. The molecule has 94 valence electrons. The van der Waals surface area contributed by atoms with E-state index in [1.807, 2.05) is 6.92 Å². The Hall–Kier alpha value is -1.96. The molecule has 0 aliphatic heterocycles. The highest BCUT2D eigenvalue weighted by molar-refractivity contribution is 5.61. The molecule has 1 rings (SSSR count). The largest absolute Gasteiger partial charge is 0.476 e. The van der Waals surface area contributed by atoms with E-state index < -0.39 is 4.92 Å². The van der Waals surface area contributed by atoms with Crippen molar-refractivity contribution in [2.75, 3.05) is 19.0 Å². The molecule has 8 nitrogen and oxygen atoms in total. The van der Waals surface area contributed by atoms with E-state index in [0.29, 0.717) is 6.54 Å². The van der Waals surface area contributed by atoms with Crippen LogP contribution in [0.4, 0.5) is 11.5 Å². The highest BCUT2D eigenvalue weighted by atomic mass is 16.6. The average Bonchev–Trinajstić information content (AvgIpc) is 2.34. The maximum atomic E-state index is 10.9. The number of nitrogens with zero attached hydrogens (tertiary/aromatic N) is 3. The fourth-order valence-electron chi connectivity index (χ4n) is 1.18. The van der Waals surface area contributed by atoms with E-state index in [4.69, 9.17) is 10.5 Å². The van der Waals surface area contributed by atoms with Crippen LogP contribution < -0.4 is 15.8 Å². The molecule has 0 spiro atoms. The number of nitrogens with one attached hydrogen (secondary N) is 1. The van der Waals surface area contributed by atoms with Gasteiger partial charge in [-0.25, -0.2) is 4.98 Å². The number of rotatable bonds is 6.